The minimum atomic E-state index is 0.218. The molecule has 0 amide bonds. The van der Waals surface area contributed by atoms with Crippen LogP contribution in [0.1, 0.15) is 42.5 Å². The van der Waals surface area contributed by atoms with Crippen molar-refractivity contribution in [1.29, 1.82) is 0 Å². The average Bonchev–Trinajstić information content (AvgIpc) is 2.30. The van der Waals surface area contributed by atoms with E-state index in [2.05, 4.69) is 29.2 Å². The molecule has 0 aromatic heterocycles. The van der Waals surface area contributed by atoms with Gasteiger partial charge in [0.2, 0.25) is 0 Å². The Morgan fingerprint density at radius 2 is 1.93 bits per heavy atom. The standard InChI is InChI=1S/C13H18N2/c14-12-9-15-8-4-3-7-13(15)11-6-2-1-5-10(11)12/h1-2,5-6,12-13H,3-4,7-9,14H2. The Morgan fingerprint density at radius 3 is 2.80 bits per heavy atom. The third kappa shape index (κ3) is 1.48. The maximum absolute atomic E-state index is 6.21. The summed E-state index contributed by atoms with van der Waals surface area (Å²) in [4.78, 5) is 2.57. The van der Waals surface area contributed by atoms with Crippen molar-refractivity contribution in [3.63, 3.8) is 0 Å². The first-order valence-electron chi connectivity index (χ1n) is 5.95. The molecule has 2 N–H and O–H groups in total. The Balaban J connectivity index is 2.03. The molecule has 2 heteroatoms. The van der Waals surface area contributed by atoms with Crippen molar-refractivity contribution in [1.82, 2.24) is 4.90 Å². The summed E-state index contributed by atoms with van der Waals surface area (Å²) in [5.41, 5.74) is 9.07. The summed E-state index contributed by atoms with van der Waals surface area (Å²) < 4.78 is 0. The fraction of sp³-hybridized carbons (Fsp3) is 0.538. The number of hydrogen-bond donors (Lipinski definition) is 1. The molecule has 0 bridgehead atoms. The van der Waals surface area contributed by atoms with Gasteiger partial charge in [-0.3, -0.25) is 4.90 Å². The summed E-state index contributed by atoms with van der Waals surface area (Å²) in [6.45, 7) is 2.27. The molecule has 15 heavy (non-hydrogen) atoms. The van der Waals surface area contributed by atoms with Crippen molar-refractivity contribution in [2.24, 2.45) is 5.73 Å². The lowest BCUT2D eigenvalue weighted by molar-refractivity contribution is 0.125. The smallest absolute Gasteiger partial charge is 0.0427 e. The number of nitrogens with two attached hydrogens (primary N) is 1. The fourth-order valence-electron chi connectivity index (χ4n) is 3.06. The van der Waals surface area contributed by atoms with E-state index in [1.807, 2.05) is 0 Å². The van der Waals surface area contributed by atoms with Crippen LogP contribution in [0.3, 0.4) is 0 Å². The molecular formula is C13H18N2. The van der Waals surface area contributed by atoms with Crippen molar-refractivity contribution in [3.8, 4) is 0 Å². The van der Waals surface area contributed by atoms with Crippen molar-refractivity contribution in [2.75, 3.05) is 13.1 Å². The molecule has 0 spiro atoms. The molecule has 1 saturated heterocycles. The van der Waals surface area contributed by atoms with Crippen LogP contribution < -0.4 is 5.73 Å². The molecular weight excluding hydrogens is 184 g/mol. The van der Waals surface area contributed by atoms with Crippen LogP contribution in [0, 0.1) is 0 Å². The van der Waals surface area contributed by atoms with E-state index < -0.39 is 0 Å². The zero-order valence-electron chi connectivity index (χ0n) is 9.02. The molecule has 2 atom stereocenters. The Labute approximate surface area is 91.1 Å². The van der Waals surface area contributed by atoms with Gasteiger partial charge in [0.25, 0.3) is 0 Å². The van der Waals surface area contributed by atoms with E-state index >= 15 is 0 Å². The normalized spacial score (nSPS) is 30.7. The monoisotopic (exact) mass is 202 g/mol. The molecule has 2 aliphatic rings. The Kier molecular flexibility index (Phi) is 2.26. The highest BCUT2D eigenvalue weighted by atomic mass is 15.2. The summed E-state index contributed by atoms with van der Waals surface area (Å²) >= 11 is 0. The van der Waals surface area contributed by atoms with Crippen molar-refractivity contribution < 1.29 is 0 Å². The summed E-state index contributed by atoms with van der Waals surface area (Å²) in [5.74, 6) is 0. The van der Waals surface area contributed by atoms with Crippen LogP contribution in [-0.2, 0) is 0 Å². The molecule has 0 saturated carbocycles. The van der Waals surface area contributed by atoms with Gasteiger partial charge >= 0.3 is 0 Å². The van der Waals surface area contributed by atoms with E-state index in [9.17, 15) is 0 Å². The average molecular weight is 202 g/mol. The molecule has 0 aliphatic carbocycles. The first kappa shape index (κ1) is 9.37. The highest BCUT2D eigenvalue weighted by Crippen LogP contribution is 2.38. The Hall–Kier alpha value is -0.860. The molecule has 1 aromatic rings. The van der Waals surface area contributed by atoms with E-state index in [1.165, 1.54) is 36.9 Å². The van der Waals surface area contributed by atoms with Crippen LogP contribution in [0.15, 0.2) is 24.3 Å². The SMILES string of the molecule is NC1CN2CCCCC2c2ccccc21. The van der Waals surface area contributed by atoms with E-state index in [0.717, 1.165) is 6.54 Å². The molecule has 2 heterocycles. The number of hydrogen-bond acceptors (Lipinski definition) is 2. The molecule has 3 rings (SSSR count). The van der Waals surface area contributed by atoms with Gasteiger partial charge in [-0.05, 0) is 30.5 Å². The zero-order valence-corrected chi connectivity index (χ0v) is 9.02. The first-order chi connectivity index (χ1) is 7.36. The Morgan fingerprint density at radius 1 is 1.13 bits per heavy atom. The van der Waals surface area contributed by atoms with Crippen molar-refractivity contribution in [2.45, 2.75) is 31.3 Å². The van der Waals surface area contributed by atoms with Crippen LogP contribution >= 0.6 is 0 Å². The number of fused-ring (bicyclic) bond motifs is 3. The van der Waals surface area contributed by atoms with Crippen LogP contribution in [0.25, 0.3) is 0 Å². The second-order valence-electron chi connectivity index (χ2n) is 4.74. The van der Waals surface area contributed by atoms with Gasteiger partial charge in [-0.1, -0.05) is 30.7 Å². The minimum Gasteiger partial charge on any atom is -0.323 e. The van der Waals surface area contributed by atoms with Crippen molar-refractivity contribution in [3.05, 3.63) is 35.4 Å². The molecule has 1 fully saturated rings. The second kappa shape index (κ2) is 3.62. The largest absolute Gasteiger partial charge is 0.323 e. The number of piperidine rings is 1. The summed E-state index contributed by atoms with van der Waals surface area (Å²) in [5, 5.41) is 0. The lowest BCUT2D eigenvalue weighted by atomic mass is 9.85. The van der Waals surface area contributed by atoms with E-state index in [1.54, 1.807) is 0 Å². The molecule has 2 nitrogen and oxygen atoms in total. The zero-order chi connectivity index (χ0) is 10.3. The van der Waals surface area contributed by atoms with Gasteiger partial charge in [-0.25, -0.2) is 0 Å². The lowest BCUT2D eigenvalue weighted by Crippen LogP contribution is -2.43. The van der Waals surface area contributed by atoms with E-state index in [-0.39, 0.29) is 6.04 Å². The van der Waals surface area contributed by atoms with Crippen LogP contribution in [-0.4, -0.2) is 18.0 Å². The van der Waals surface area contributed by atoms with Crippen molar-refractivity contribution >= 4 is 0 Å². The number of benzene rings is 1. The highest BCUT2D eigenvalue weighted by molar-refractivity contribution is 5.35. The summed E-state index contributed by atoms with van der Waals surface area (Å²) in [7, 11) is 0. The predicted octanol–water partition coefficient (Wildman–Crippen LogP) is 2.23. The van der Waals surface area contributed by atoms with Gasteiger partial charge in [-0.2, -0.15) is 0 Å². The molecule has 80 valence electrons. The van der Waals surface area contributed by atoms with Gasteiger partial charge in [0.05, 0.1) is 0 Å². The maximum Gasteiger partial charge on any atom is 0.0427 e. The summed E-state index contributed by atoms with van der Waals surface area (Å²) in [6, 6.07) is 9.58. The fourth-order valence-corrected chi connectivity index (χ4v) is 3.06. The van der Waals surface area contributed by atoms with Crippen LogP contribution in [0.4, 0.5) is 0 Å². The lowest BCUT2D eigenvalue weighted by Gasteiger charge is -2.42. The first-order valence-corrected chi connectivity index (χ1v) is 5.95. The quantitative estimate of drug-likeness (QED) is 0.699. The number of nitrogens with zero attached hydrogens (tertiary/aromatic N) is 1. The van der Waals surface area contributed by atoms with Gasteiger partial charge in [0, 0.05) is 18.6 Å². The van der Waals surface area contributed by atoms with Crippen LogP contribution in [0.5, 0.6) is 0 Å². The third-order valence-corrected chi connectivity index (χ3v) is 3.80. The topological polar surface area (TPSA) is 29.3 Å². The number of rotatable bonds is 0. The summed E-state index contributed by atoms with van der Waals surface area (Å²) in [6.07, 6.45) is 4.01. The third-order valence-electron chi connectivity index (χ3n) is 3.80. The van der Waals surface area contributed by atoms with Crippen LogP contribution in [0.2, 0.25) is 0 Å². The second-order valence-corrected chi connectivity index (χ2v) is 4.74. The predicted molar refractivity (Wildman–Crippen MR) is 61.5 cm³/mol. The molecule has 2 aliphatic heterocycles. The molecule has 1 aromatic carbocycles. The van der Waals surface area contributed by atoms with E-state index in [0.29, 0.717) is 6.04 Å². The minimum absolute atomic E-state index is 0.218. The van der Waals surface area contributed by atoms with Gasteiger partial charge in [-0.15, -0.1) is 0 Å². The molecule has 2 unspecified atom stereocenters. The van der Waals surface area contributed by atoms with Gasteiger partial charge in [0.15, 0.2) is 0 Å². The van der Waals surface area contributed by atoms with Gasteiger partial charge < -0.3 is 5.73 Å². The maximum atomic E-state index is 6.21. The Bertz CT molecular complexity index is 361. The van der Waals surface area contributed by atoms with E-state index in [4.69, 9.17) is 5.73 Å². The highest BCUT2D eigenvalue weighted by Gasteiger charge is 2.32. The van der Waals surface area contributed by atoms with Gasteiger partial charge in [0.1, 0.15) is 0 Å². The molecule has 0 radical (unpaired) electrons.